The normalized spacial score (nSPS) is 20.0. The maximum Gasteiger partial charge on any atom is 0.125 e. The third-order valence-corrected chi connectivity index (χ3v) is 4.62. The lowest BCUT2D eigenvalue weighted by Crippen LogP contribution is -2.48. The third-order valence-electron chi connectivity index (χ3n) is 3.88. The summed E-state index contributed by atoms with van der Waals surface area (Å²) in [6.45, 7) is 4.51. The summed E-state index contributed by atoms with van der Waals surface area (Å²) < 4.78 is 13.9. The molecule has 0 atom stereocenters. The largest absolute Gasteiger partial charge is 0.371 e. The van der Waals surface area contributed by atoms with E-state index in [0.717, 1.165) is 32.5 Å². The number of benzene rings is 1. The fourth-order valence-electron chi connectivity index (χ4n) is 2.87. The van der Waals surface area contributed by atoms with Crippen molar-refractivity contribution in [2.75, 3.05) is 37.6 Å². The van der Waals surface area contributed by atoms with Crippen molar-refractivity contribution in [2.24, 2.45) is 0 Å². The molecule has 0 bridgehead atoms. The van der Waals surface area contributed by atoms with Crippen molar-refractivity contribution < 1.29 is 4.39 Å². The van der Waals surface area contributed by atoms with Crippen LogP contribution >= 0.6 is 15.9 Å². The van der Waals surface area contributed by atoms with E-state index in [1.54, 1.807) is 0 Å². The van der Waals surface area contributed by atoms with Gasteiger partial charge in [-0.1, -0.05) is 22.0 Å². The standard InChI is InChI=1S/C14H18BrFN2/c15-13-3-1-4-14-12(13)5-8-18(14)7-2-6-17-9-11(16)10-17/h1,3-4,11H,2,5-10H2. The highest BCUT2D eigenvalue weighted by molar-refractivity contribution is 9.10. The van der Waals surface area contributed by atoms with Gasteiger partial charge < -0.3 is 4.90 Å². The molecule has 0 aromatic heterocycles. The lowest BCUT2D eigenvalue weighted by Gasteiger charge is -2.34. The predicted molar refractivity (Wildman–Crippen MR) is 76.0 cm³/mol. The molecule has 2 heterocycles. The topological polar surface area (TPSA) is 6.48 Å². The van der Waals surface area contributed by atoms with Crippen LogP contribution in [0.5, 0.6) is 0 Å². The maximum atomic E-state index is 12.7. The summed E-state index contributed by atoms with van der Waals surface area (Å²) in [5, 5.41) is 0. The van der Waals surface area contributed by atoms with Crippen LogP contribution < -0.4 is 4.90 Å². The van der Waals surface area contributed by atoms with Crippen LogP contribution in [0, 0.1) is 0 Å². The number of likely N-dealkylation sites (tertiary alicyclic amines) is 1. The zero-order chi connectivity index (χ0) is 12.5. The summed E-state index contributed by atoms with van der Waals surface area (Å²) in [7, 11) is 0. The minimum absolute atomic E-state index is 0.575. The second kappa shape index (κ2) is 5.17. The first kappa shape index (κ1) is 12.4. The molecule has 0 unspecified atom stereocenters. The van der Waals surface area contributed by atoms with Crippen LogP contribution in [0.15, 0.2) is 22.7 Å². The molecular formula is C14H18BrFN2. The maximum absolute atomic E-state index is 12.7. The Morgan fingerprint density at radius 3 is 2.89 bits per heavy atom. The van der Waals surface area contributed by atoms with Crippen LogP contribution in [-0.2, 0) is 6.42 Å². The molecule has 1 aromatic rings. The molecule has 0 N–H and O–H groups in total. The Hall–Kier alpha value is -0.610. The monoisotopic (exact) mass is 312 g/mol. The lowest BCUT2D eigenvalue weighted by molar-refractivity contribution is 0.0654. The summed E-state index contributed by atoms with van der Waals surface area (Å²) in [5.74, 6) is 0. The number of hydrogen-bond acceptors (Lipinski definition) is 2. The number of alkyl halides is 1. The van der Waals surface area contributed by atoms with Crippen LogP contribution in [0.1, 0.15) is 12.0 Å². The second-order valence-corrected chi connectivity index (χ2v) is 6.04. The third kappa shape index (κ3) is 2.41. The van der Waals surface area contributed by atoms with E-state index in [9.17, 15) is 4.39 Å². The average Bonchev–Trinajstić information content (AvgIpc) is 2.72. The zero-order valence-corrected chi connectivity index (χ0v) is 12.0. The molecule has 98 valence electrons. The lowest BCUT2D eigenvalue weighted by atomic mass is 10.1. The van der Waals surface area contributed by atoms with Gasteiger partial charge in [0.25, 0.3) is 0 Å². The SMILES string of the molecule is FC1CN(CCCN2CCc3c(Br)cccc32)C1. The summed E-state index contributed by atoms with van der Waals surface area (Å²) >= 11 is 3.62. The first-order valence-electron chi connectivity index (χ1n) is 6.63. The number of halogens is 2. The quantitative estimate of drug-likeness (QED) is 0.843. The van der Waals surface area contributed by atoms with E-state index >= 15 is 0 Å². The van der Waals surface area contributed by atoms with Crippen LogP contribution in [-0.4, -0.2) is 43.8 Å². The van der Waals surface area contributed by atoms with E-state index in [1.165, 1.54) is 15.7 Å². The summed E-state index contributed by atoms with van der Waals surface area (Å²) in [5.41, 5.74) is 2.81. The van der Waals surface area contributed by atoms with E-state index in [0.29, 0.717) is 13.1 Å². The van der Waals surface area contributed by atoms with Gasteiger partial charge in [0.2, 0.25) is 0 Å². The Morgan fingerprint density at radius 2 is 2.11 bits per heavy atom. The van der Waals surface area contributed by atoms with Crippen molar-refractivity contribution in [3.05, 3.63) is 28.2 Å². The van der Waals surface area contributed by atoms with Gasteiger partial charge in [-0.3, -0.25) is 4.90 Å². The van der Waals surface area contributed by atoms with Gasteiger partial charge in [-0.15, -0.1) is 0 Å². The Balaban J connectivity index is 1.52. The molecule has 18 heavy (non-hydrogen) atoms. The van der Waals surface area contributed by atoms with Gasteiger partial charge in [0.1, 0.15) is 6.17 Å². The minimum Gasteiger partial charge on any atom is -0.371 e. The molecule has 0 saturated carbocycles. The van der Waals surface area contributed by atoms with Crippen LogP contribution in [0.4, 0.5) is 10.1 Å². The van der Waals surface area contributed by atoms with Gasteiger partial charge in [0.15, 0.2) is 0 Å². The summed E-state index contributed by atoms with van der Waals surface area (Å²) in [4.78, 5) is 4.65. The van der Waals surface area contributed by atoms with Gasteiger partial charge in [-0.05, 0) is 30.5 Å². The smallest absolute Gasteiger partial charge is 0.125 e. The van der Waals surface area contributed by atoms with Crippen LogP contribution in [0.2, 0.25) is 0 Å². The molecule has 0 spiro atoms. The molecule has 2 nitrogen and oxygen atoms in total. The first-order chi connectivity index (χ1) is 8.74. The molecule has 1 fully saturated rings. The van der Waals surface area contributed by atoms with Crippen molar-refractivity contribution in [1.29, 1.82) is 0 Å². The number of nitrogens with zero attached hydrogens (tertiary/aromatic N) is 2. The summed E-state index contributed by atoms with van der Waals surface area (Å²) in [6, 6.07) is 6.42. The Kier molecular flexibility index (Phi) is 3.57. The Morgan fingerprint density at radius 1 is 1.28 bits per heavy atom. The van der Waals surface area contributed by atoms with Crippen LogP contribution in [0.3, 0.4) is 0 Å². The van der Waals surface area contributed by atoms with E-state index in [-0.39, 0.29) is 0 Å². The van der Waals surface area contributed by atoms with E-state index < -0.39 is 6.17 Å². The minimum atomic E-state index is -0.575. The molecule has 3 rings (SSSR count). The zero-order valence-electron chi connectivity index (χ0n) is 10.4. The van der Waals surface area contributed by atoms with Gasteiger partial charge in [-0.2, -0.15) is 0 Å². The fraction of sp³-hybridized carbons (Fsp3) is 0.571. The molecule has 1 saturated heterocycles. The summed E-state index contributed by atoms with van der Waals surface area (Å²) in [6.07, 6.45) is 1.68. The molecular weight excluding hydrogens is 295 g/mol. The van der Waals surface area contributed by atoms with Gasteiger partial charge in [-0.25, -0.2) is 4.39 Å². The average molecular weight is 313 g/mol. The predicted octanol–water partition coefficient (Wildman–Crippen LogP) is 2.86. The van der Waals surface area contributed by atoms with Crippen molar-refractivity contribution in [1.82, 2.24) is 4.90 Å². The molecule has 2 aliphatic rings. The number of hydrogen-bond donors (Lipinski definition) is 0. The number of anilines is 1. The fourth-order valence-corrected chi connectivity index (χ4v) is 3.42. The highest BCUT2D eigenvalue weighted by atomic mass is 79.9. The van der Waals surface area contributed by atoms with Gasteiger partial charge in [0.05, 0.1) is 0 Å². The molecule has 1 aromatic carbocycles. The van der Waals surface area contributed by atoms with E-state index in [2.05, 4.69) is 43.9 Å². The van der Waals surface area contributed by atoms with Crippen molar-refractivity contribution in [2.45, 2.75) is 19.0 Å². The molecule has 0 amide bonds. The highest BCUT2D eigenvalue weighted by Gasteiger charge is 2.26. The second-order valence-electron chi connectivity index (χ2n) is 5.18. The van der Waals surface area contributed by atoms with Gasteiger partial charge >= 0.3 is 0 Å². The highest BCUT2D eigenvalue weighted by Crippen LogP contribution is 2.33. The number of fused-ring (bicyclic) bond motifs is 1. The van der Waals surface area contributed by atoms with Crippen molar-refractivity contribution >= 4 is 21.6 Å². The molecule has 0 radical (unpaired) electrons. The van der Waals surface area contributed by atoms with Crippen molar-refractivity contribution in [3.63, 3.8) is 0 Å². The van der Waals surface area contributed by atoms with Crippen molar-refractivity contribution in [3.8, 4) is 0 Å². The molecule has 4 heteroatoms. The van der Waals surface area contributed by atoms with E-state index in [4.69, 9.17) is 0 Å². The number of rotatable bonds is 4. The Bertz CT molecular complexity index is 432. The van der Waals surface area contributed by atoms with Gasteiger partial charge in [0, 0.05) is 42.9 Å². The van der Waals surface area contributed by atoms with Crippen LogP contribution in [0.25, 0.3) is 0 Å². The first-order valence-corrected chi connectivity index (χ1v) is 7.42. The Labute approximate surface area is 116 Å². The van der Waals surface area contributed by atoms with E-state index in [1.807, 2.05) is 0 Å². The molecule has 0 aliphatic carbocycles. The molecule has 2 aliphatic heterocycles.